The molecule has 1 amide bonds. The van der Waals surface area contributed by atoms with E-state index in [-0.39, 0.29) is 12.0 Å². The average Bonchev–Trinajstić information content (AvgIpc) is 2.42. The first-order chi connectivity index (χ1) is 9.75. The van der Waals surface area contributed by atoms with Gasteiger partial charge < -0.3 is 20.9 Å². The highest BCUT2D eigenvalue weighted by atomic mass is 127. The Labute approximate surface area is 137 Å². The van der Waals surface area contributed by atoms with Crippen LogP contribution in [-0.4, -0.2) is 29.1 Å². The third-order valence-electron chi connectivity index (χ3n) is 3.21. The van der Waals surface area contributed by atoms with Crippen LogP contribution in [0.5, 0.6) is 5.75 Å². The normalized spacial score (nSPS) is 13.3. The van der Waals surface area contributed by atoms with Gasteiger partial charge in [-0.25, -0.2) is 4.79 Å². The van der Waals surface area contributed by atoms with Crippen LogP contribution >= 0.6 is 22.6 Å². The molecule has 0 aromatic heterocycles. The Morgan fingerprint density at radius 2 is 2.05 bits per heavy atom. The predicted octanol–water partition coefficient (Wildman–Crippen LogP) is 2.26. The fraction of sp³-hybridized carbons (Fsp3) is 0.429. The van der Waals surface area contributed by atoms with Crippen LogP contribution < -0.4 is 15.8 Å². The Bertz CT molecular complexity index is 562. The molecule has 0 aliphatic carbocycles. The fourth-order valence-electron chi connectivity index (χ4n) is 1.63. The van der Waals surface area contributed by atoms with Crippen LogP contribution in [0, 0.1) is 3.57 Å². The van der Waals surface area contributed by atoms with E-state index in [4.69, 9.17) is 10.5 Å². The van der Waals surface area contributed by atoms with Crippen molar-refractivity contribution < 1.29 is 19.4 Å². The monoisotopic (exact) mass is 406 g/mol. The number of rotatable bonds is 6. The number of benzene rings is 1. The van der Waals surface area contributed by atoms with Crippen molar-refractivity contribution in [1.82, 2.24) is 5.32 Å². The summed E-state index contributed by atoms with van der Waals surface area (Å²) in [4.78, 5) is 23.7. The van der Waals surface area contributed by atoms with E-state index in [0.29, 0.717) is 21.6 Å². The predicted molar refractivity (Wildman–Crippen MR) is 88.5 cm³/mol. The van der Waals surface area contributed by atoms with Gasteiger partial charge in [0.05, 0.1) is 12.2 Å². The number of anilines is 1. The number of carboxylic acid groups (broad SMARTS) is 1. The third kappa shape index (κ3) is 3.99. The zero-order chi connectivity index (χ0) is 16.2. The molecule has 1 aromatic carbocycles. The van der Waals surface area contributed by atoms with Crippen molar-refractivity contribution in [3.05, 3.63) is 21.3 Å². The molecular formula is C14H19IN2O4. The highest BCUT2D eigenvalue weighted by Crippen LogP contribution is 2.27. The molecule has 7 heteroatoms. The summed E-state index contributed by atoms with van der Waals surface area (Å²) >= 11 is 2.01. The molecule has 1 aromatic rings. The van der Waals surface area contributed by atoms with Crippen molar-refractivity contribution in [1.29, 1.82) is 0 Å². The molecule has 0 spiro atoms. The minimum atomic E-state index is -1.33. The topological polar surface area (TPSA) is 102 Å². The molecule has 6 nitrogen and oxygen atoms in total. The van der Waals surface area contributed by atoms with Gasteiger partial charge in [0.2, 0.25) is 0 Å². The SMILES string of the molecule is CCOc1cc(N)c(I)cc1C(=O)NC(C)(CC)C(=O)O. The number of carboxylic acids is 1. The zero-order valence-corrected chi connectivity index (χ0v) is 14.4. The van der Waals surface area contributed by atoms with Crippen molar-refractivity contribution in [2.45, 2.75) is 32.7 Å². The van der Waals surface area contributed by atoms with Crippen molar-refractivity contribution in [2.24, 2.45) is 0 Å². The lowest BCUT2D eigenvalue weighted by Gasteiger charge is -2.25. The number of aliphatic carboxylic acids is 1. The van der Waals surface area contributed by atoms with Gasteiger partial charge >= 0.3 is 5.97 Å². The summed E-state index contributed by atoms with van der Waals surface area (Å²) in [5.41, 5.74) is 5.26. The lowest BCUT2D eigenvalue weighted by Crippen LogP contribution is -2.51. The quantitative estimate of drug-likeness (QED) is 0.497. The second kappa shape index (κ2) is 6.97. The molecule has 0 aliphatic heterocycles. The molecule has 0 radical (unpaired) electrons. The Balaban J connectivity index is 3.17. The van der Waals surface area contributed by atoms with Crippen molar-refractivity contribution in [3.8, 4) is 5.75 Å². The highest BCUT2D eigenvalue weighted by molar-refractivity contribution is 14.1. The maximum atomic E-state index is 12.4. The first-order valence-corrected chi connectivity index (χ1v) is 7.60. The number of hydrogen-bond acceptors (Lipinski definition) is 4. The van der Waals surface area contributed by atoms with Crippen LogP contribution in [0.2, 0.25) is 0 Å². The highest BCUT2D eigenvalue weighted by Gasteiger charge is 2.33. The molecule has 1 atom stereocenters. The summed E-state index contributed by atoms with van der Waals surface area (Å²) in [7, 11) is 0. The van der Waals surface area contributed by atoms with Gasteiger partial charge in [-0.15, -0.1) is 0 Å². The Morgan fingerprint density at radius 3 is 2.52 bits per heavy atom. The molecule has 1 unspecified atom stereocenters. The molecule has 116 valence electrons. The fourth-order valence-corrected chi connectivity index (χ4v) is 2.10. The second-order valence-electron chi connectivity index (χ2n) is 4.75. The largest absolute Gasteiger partial charge is 0.493 e. The summed E-state index contributed by atoms with van der Waals surface area (Å²) in [5.74, 6) is -1.23. The molecule has 4 N–H and O–H groups in total. The number of nitrogen functional groups attached to an aromatic ring is 1. The summed E-state index contributed by atoms with van der Waals surface area (Å²) in [6, 6.07) is 3.17. The van der Waals surface area contributed by atoms with Gasteiger partial charge in [-0.3, -0.25) is 4.79 Å². The van der Waals surface area contributed by atoms with E-state index in [2.05, 4.69) is 5.32 Å². The van der Waals surface area contributed by atoms with E-state index in [1.807, 2.05) is 22.6 Å². The van der Waals surface area contributed by atoms with Crippen LogP contribution in [0.1, 0.15) is 37.6 Å². The lowest BCUT2D eigenvalue weighted by atomic mass is 9.98. The van der Waals surface area contributed by atoms with Crippen molar-refractivity contribution >= 4 is 40.2 Å². The first kappa shape index (κ1) is 17.5. The molecule has 0 fully saturated rings. The zero-order valence-electron chi connectivity index (χ0n) is 12.2. The van der Waals surface area contributed by atoms with E-state index < -0.39 is 17.4 Å². The lowest BCUT2D eigenvalue weighted by molar-refractivity contribution is -0.143. The van der Waals surface area contributed by atoms with Crippen molar-refractivity contribution in [2.75, 3.05) is 12.3 Å². The van der Waals surface area contributed by atoms with Crippen LogP contribution in [0.25, 0.3) is 0 Å². The molecule has 0 aliphatic rings. The summed E-state index contributed by atoms with van der Waals surface area (Å²) < 4.78 is 6.11. The van der Waals surface area contributed by atoms with Crippen LogP contribution in [0.4, 0.5) is 5.69 Å². The number of halogens is 1. The second-order valence-corrected chi connectivity index (χ2v) is 5.91. The number of carbonyl (C=O) groups is 2. The molecule has 21 heavy (non-hydrogen) atoms. The Kier molecular flexibility index (Phi) is 5.82. The van der Waals surface area contributed by atoms with Gasteiger partial charge in [0.15, 0.2) is 0 Å². The Morgan fingerprint density at radius 1 is 1.43 bits per heavy atom. The van der Waals surface area contributed by atoms with Gasteiger partial charge in [0, 0.05) is 15.3 Å². The molecule has 0 bridgehead atoms. The van der Waals surface area contributed by atoms with E-state index in [9.17, 15) is 14.7 Å². The van der Waals surface area contributed by atoms with E-state index in [1.54, 1.807) is 26.0 Å². The third-order valence-corrected chi connectivity index (χ3v) is 4.15. The van der Waals surface area contributed by atoms with Crippen LogP contribution in [0.3, 0.4) is 0 Å². The number of nitrogens with two attached hydrogens (primary N) is 1. The summed E-state index contributed by atoms with van der Waals surface area (Å²) in [6.07, 6.45) is 0.268. The number of hydrogen-bond donors (Lipinski definition) is 3. The van der Waals surface area contributed by atoms with Gasteiger partial charge in [-0.1, -0.05) is 6.92 Å². The minimum absolute atomic E-state index is 0.268. The molecule has 0 heterocycles. The molecule has 0 saturated carbocycles. The average molecular weight is 406 g/mol. The van der Waals surface area contributed by atoms with Crippen LogP contribution in [0.15, 0.2) is 12.1 Å². The maximum Gasteiger partial charge on any atom is 0.329 e. The molecular weight excluding hydrogens is 387 g/mol. The standard InChI is InChI=1S/C14H19IN2O4/c1-4-14(3,13(19)20)17-12(18)8-6-9(15)10(16)7-11(8)21-5-2/h6-7H,4-5,16H2,1-3H3,(H,17,18)(H,19,20). The smallest absolute Gasteiger partial charge is 0.329 e. The number of amides is 1. The Hall–Kier alpha value is -1.51. The van der Waals surface area contributed by atoms with Gasteiger partial charge in [0.25, 0.3) is 5.91 Å². The first-order valence-electron chi connectivity index (χ1n) is 6.52. The maximum absolute atomic E-state index is 12.4. The van der Waals surface area contributed by atoms with Crippen LogP contribution in [-0.2, 0) is 4.79 Å². The number of nitrogens with one attached hydrogen (secondary N) is 1. The van der Waals surface area contributed by atoms with Gasteiger partial charge in [-0.05, 0) is 48.9 Å². The summed E-state index contributed by atoms with van der Waals surface area (Å²) in [6.45, 7) is 5.34. The number of carbonyl (C=O) groups excluding carboxylic acids is 1. The van der Waals surface area contributed by atoms with E-state index in [0.717, 1.165) is 0 Å². The minimum Gasteiger partial charge on any atom is -0.493 e. The molecule has 0 saturated heterocycles. The van der Waals surface area contributed by atoms with Crippen molar-refractivity contribution in [3.63, 3.8) is 0 Å². The van der Waals surface area contributed by atoms with Gasteiger partial charge in [0.1, 0.15) is 11.3 Å². The number of ether oxygens (including phenoxy) is 1. The van der Waals surface area contributed by atoms with E-state index in [1.165, 1.54) is 6.92 Å². The molecule has 1 rings (SSSR count). The van der Waals surface area contributed by atoms with E-state index >= 15 is 0 Å². The summed E-state index contributed by atoms with van der Waals surface area (Å²) in [5, 5.41) is 11.8. The van der Waals surface area contributed by atoms with Gasteiger partial charge in [-0.2, -0.15) is 0 Å².